The van der Waals surface area contributed by atoms with Crippen molar-refractivity contribution in [2.24, 2.45) is 0 Å². The second-order valence-electron chi connectivity index (χ2n) is 4.62. The molecule has 1 aromatic carbocycles. The van der Waals surface area contributed by atoms with Gasteiger partial charge in [0.1, 0.15) is 5.69 Å². The van der Waals surface area contributed by atoms with Crippen LogP contribution >= 0.6 is 11.6 Å². The summed E-state index contributed by atoms with van der Waals surface area (Å²) in [5, 5.41) is 3.71. The molecule has 0 amide bonds. The first-order valence-electron chi connectivity index (χ1n) is 5.81. The summed E-state index contributed by atoms with van der Waals surface area (Å²) < 4.78 is 1.51. The molecule has 2 aromatic rings. The number of aromatic amines is 1. The molecule has 0 aliphatic carbocycles. The molecule has 3 N–H and O–H groups in total. The summed E-state index contributed by atoms with van der Waals surface area (Å²) in [6, 6.07) is 7.42. The van der Waals surface area contributed by atoms with E-state index in [0.29, 0.717) is 17.3 Å². The van der Waals surface area contributed by atoms with E-state index in [-0.39, 0.29) is 11.5 Å². The standard InChI is InChI=1S/C13H16ClN3O/c1-8(2)12-11(15)13(18)17(16-12)7-9-4-3-5-10(14)6-9/h3-6,8,16H,7,15H2,1-2H3. The van der Waals surface area contributed by atoms with Gasteiger partial charge in [0.05, 0.1) is 12.2 Å². The van der Waals surface area contributed by atoms with E-state index >= 15 is 0 Å². The average Bonchev–Trinajstić information content (AvgIpc) is 2.58. The number of H-pyrrole nitrogens is 1. The number of nitrogens with zero attached hydrogens (tertiary/aromatic N) is 1. The van der Waals surface area contributed by atoms with Crippen LogP contribution in [-0.4, -0.2) is 9.78 Å². The minimum atomic E-state index is -0.182. The highest BCUT2D eigenvalue weighted by Gasteiger charge is 2.13. The zero-order valence-electron chi connectivity index (χ0n) is 10.4. The van der Waals surface area contributed by atoms with Crippen molar-refractivity contribution < 1.29 is 0 Å². The number of nitrogen functional groups attached to an aromatic ring is 1. The summed E-state index contributed by atoms with van der Waals surface area (Å²) in [5.41, 5.74) is 7.65. The number of anilines is 1. The number of hydrogen-bond donors (Lipinski definition) is 2. The van der Waals surface area contributed by atoms with E-state index in [9.17, 15) is 4.79 Å². The van der Waals surface area contributed by atoms with Crippen LogP contribution < -0.4 is 11.3 Å². The third kappa shape index (κ3) is 2.43. The second kappa shape index (κ2) is 4.90. The van der Waals surface area contributed by atoms with Crippen LogP contribution in [0.5, 0.6) is 0 Å². The normalized spacial score (nSPS) is 11.1. The Hall–Kier alpha value is -1.68. The third-order valence-electron chi connectivity index (χ3n) is 2.83. The molecule has 0 radical (unpaired) electrons. The molecule has 0 atom stereocenters. The third-order valence-corrected chi connectivity index (χ3v) is 3.06. The fourth-order valence-electron chi connectivity index (χ4n) is 1.89. The van der Waals surface area contributed by atoms with Gasteiger partial charge in [-0.1, -0.05) is 37.6 Å². The summed E-state index contributed by atoms with van der Waals surface area (Å²) in [5.74, 6) is 0.193. The maximum atomic E-state index is 12.0. The Morgan fingerprint density at radius 2 is 2.17 bits per heavy atom. The van der Waals surface area contributed by atoms with Gasteiger partial charge < -0.3 is 5.73 Å². The lowest BCUT2D eigenvalue weighted by Gasteiger charge is -2.04. The van der Waals surface area contributed by atoms with Crippen LogP contribution in [0.25, 0.3) is 0 Å². The Balaban J connectivity index is 2.36. The minimum absolute atomic E-state index is 0.182. The van der Waals surface area contributed by atoms with Crippen molar-refractivity contribution >= 4 is 17.3 Å². The van der Waals surface area contributed by atoms with Crippen LogP contribution in [-0.2, 0) is 6.54 Å². The molecule has 96 valence electrons. The summed E-state index contributed by atoms with van der Waals surface area (Å²) in [6.45, 7) is 4.42. The molecule has 0 spiro atoms. The van der Waals surface area contributed by atoms with Crippen LogP contribution in [0.4, 0.5) is 5.69 Å². The van der Waals surface area contributed by atoms with E-state index in [2.05, 4.69) is 5.10 Å². The first-order valence-corrected chi connectivity index (χ1v) is 6.19. The highest BCUT2D eigenvalue weighted by Crippen LogP contribution is 2.17. The van der Waals surface area contributed by atoms with Crippen molar-refractivity contribution in [2.45, 2.75) is 26.3 Å². The molecule has 0 aliphatic heterocycles. The minimum Gasteiger partial charge on any atom is -0.393 e. The van der Waals surface area contributed by atoms with Gasteiger partial charge in [-0.25, -0.2) is 4.68 Å². The molecule has 0 bridgehead atoms. The van der Waals surface area contributed by atoms with Gasteiger partial charge >= 0.3 is 0 Å². The summed E-state index contributed by atoms with van der Waals surface area (Å²) in [7, 11) is 0. The lowest BCUT2D eigenvalue weighted by atomic mass is 10.1. The maximum absolute atomic E-state index is 12.0. The monoisotopic (exact) mass is 265 g/mol. The number of benzene rings is 1. The molecular formula is C13H16ClN3O. The zero-order chi connectivity index (χ0) is 13.3. The van der Waals surface area contributed by atoms with Gasteiger partial charge in [0.2, 0.25) is 0 Å². The number of rotatable bonds is 3. The Kier molecular flexibility index (Phi) is 3.48. The summed E-state index contributed by atoms with van der Waals surface area (Å²) in [4.78, 5) is 12.0. The molecule has 5 heteroatoms. The van der Waals surface area contributed by atoms with E-state index in [1.165, 1.54) is 4.68 Å². The fourth-order valence-corrected chi connectivity index (χ4v) is 2.10. The molecule has 0 unspecified atom stereocenters. The van der Waals surface area contributed by atoms with E-state index in [1.54, 1.807) is 6.07 Å². The predicted octanol–water partition coefficient (Wildman–Crippen LogP) is 2.58. The van der Waals surface area contributed by atoms with Crippen molar-refractivity contribution in [3.8, 4) is 0 Å². The van der Waals surface area contributed by atoms with Crippen LogP contribution in [0.2, 0.25) is 5.02 Å². The van der Waals surface area contributed by atoms with Gasteiger partial charge in [-0.2, -0.15) is 0 Å². The molecule has 2 rings (SSSR count). The number of hydrogen-bond acceptors (Lipinski definition) is 2. The van der Waals surface area contributed by atoms with Crippen LogP contribution in [0.3, 0.4) is 0 Å². The van der Waals surface area contributed by atoms with E-state index < -0.39 is 0 Å². The van der Waals surface area contributed by atoms with Crippen molar-refractivity contribution in [3.05, 3.63) is 50.9 Å². The van der Waals surface area contributed by atoms with E-state index in [4.69, 9.17) is 17.3 Å². The summed E-state index contributed by atoms with van der Waals surface area (Å²) in [6.07, 6.45) is 0. The molecule has 1 heterocycles. The van der Waals surface area contributed by atoms with Crippen molar-refractivity contribution in [2.75, 3.05) is 5.73 Å². The van der Waals surface area contributed by atoms with E-state index in [1.807, 2.05) is 32.0 Å². The Bertz CT molecular complexity index is 613. The quantitative estimate of drug-likeness (QED) is 0.896. The van der Waals surface area contributed by atoms with Gasteiger partial charge in [0.25, 0.3) is 5.56 Å². The molecular weight excluding hydrogens is 250 g/mol. The predicted molar refractivity (Wildman–Crippen MR) is 74.1 cm³/mol. The molecule has 0 fully saturated rings. The average molecular weight is 266 g/mol. The molecule has 1 aromatic heterocycles. The molecule has 0 aliphatic rings. The van der Waals surface area contributed by atoms with Gasteiger partial charge in [-0.05, 0) is 23.6 Å². The lowest BCUT2D eigenvalue weighted by Crippen LogP contribution is -2.19. The maximum Gasteiger partial charge on any atom is 0.290 e. The molecule has 0 saturated carbocycles. The first kappa shape index (κ1) is 12.8. The van der Waals surface area contributed by atoms with Crippen LogP contribution in [0.1, 0.15) is 31.0 Å². The Labute approximate surface area is 110 Å². The van der Waals surface area contributed by atoms with Gasteiger partial charge in [0.15, 0.2) is 0 Å². The first-order chi connectivity index (χ1) is 8.49. The van der Waals surface area contributed by atoms with E-state index in [0.717, 1.165) is 11.3 Å². The Morgan fingerprint density at radius 3 is 2.72 bits per heavy atom. The SMILES string of the molecule is CC(C)c1[nH]n(Cc2cccc(Cl)c2)c(=O)c1N. The number of halogens is 1. The highest BCUT2D eigenvalue weighted by atomic mass is 35.5. The second-order valence-corrected chi connectivity index (χ2v) is 5.05. The van der Waals surface area contributed by atoms with Crippen molar-refractivity contribution in [1.29, 1.82) is 0 Å². The smallest absolute Gasteiger partial charge is 0.290 e. The lowest BCUT2D eigenvalue weighted by molar-refractivity contribution is 0.640. The highest BCUT2D eigenvalue weighted by molar-refractivity contribution is 6.30. The topological polar surface area (TPSA) is 63.8 Å². The van der Waals surface area contributed by atoms with Crippen molar-refractivity contribution in [1.82, 2.24) is 9.78 Å². The molecule has 4 nitrogen and oxygen atoms in total. The summed E-state index contributed by atoms with van der Waals surface area (Å²) >= 11 is 5.92. The van der Waals surface area contributed by atoms with Gasteiger partial charge in [0, 0.05) is 5.02 Å². The fraction of sp³-hybridized carbons (Fsp3) is 0.308. The van der Waals surface area contributed by atoms with Gasteiger partial charge in [-0.3, -0.25) is 9.89 Å². The number of nitrogens with one attached hydrogen (secondary N) is 1. The largest absolute Gasteiger partial charge is 0.393 e. The molecule has 18 heavy (non-hydrogen) atoms. The Morgan fingerprint density at radius 1 is 1.44 bits per heavy atom. The number of nitrogens with two attached hydrogens (primary N) is 1. The zero-order valence-corrected chi connectivity index (χ0v) is 11.2. The van der Waals surface area contributed by atoms with Crippen molar-refractivity contribution in [3.63, 3.8) is 0 Å². The molecule has 0 saturated heterocycles. The van der Waals surface area contributed by atoms with Crippen LogP contribution in [0, 0.1) is 0 Å². The number of aromatic nitrogens is 2. The van der Waals surface area contributed by atoms with Crippen LogP contribution in [0.15, 0.2) is 29.1 Å². The van der Waals surface area contributed by atoms with Gasteiger partial charge in [-0.15, -0.1) is 0 Å².